The van der Waals surface area contributed by atoms with Crippen LogP contribution >= 0.6 is 0 Å². The van der Waals surface area contributed by atoms with Gasteiger partial charge in [0, 0.05) is 18.3 Å². The van der Waals surface area contributed by atoms with Gasteiger partial charge in [0.2, 0.25) is 0 Å². The minimum absolute atomic E-state index is 0.216. The third-order valence-corrected chi connectivity index (χ3v) is 3.19. The molecule has 0 radical (unpaired) electrons. The molecule has 7 nitrogen and oxygen atoms in total. The molecule has 3 rings (SSSR count). The molecule has 0 saturated carbocycles. The summed E-state index contributed by atoms with van der Waals surface area (Å²) in [6.07, 6.45) is 1.91. The van der Waals surface area contributed by atoms with Crippen LogP contribution < -0.4 is 5.73 Å². The lowest BCUT2D eigenvalue weighted by Crippen LogP contribution is -2.24. The van der Waals surface area contributed by atoms with E-state index in [1.807, 2.05) is 0 Å². The number of nitrogens with two attached hydrogens (primary N) is 1. The maximum atomic E-state index is 9.71. The van der Waals surface area contributed by atoms with Crippen LogP contribution in [-0.2, 0) is 4.74 Å². The van der Waals surface area contributed by atoms with Gasteiger partial charge >= 0.3 is 0 Å². The molecular weight excluding hydrogens is 236 g/mol. The highest BCUT2D eigenvalue weighted by atomic mass is 16.5. The van der Waals surface area contributed by atoms with Gasteiger partial charge in [0.25, 0.3) is 0 Å². The Hall–Kier alpha value is -1.70. The first-order valence-electron chi connectivity index (χ1n) is 5.73. The van der Waals surface area contributed by atoms with E-state index in [2.05, 4.69) is 10.1 Å². The van der Waals surface area contributed by atoms with Crippen molar-refractivity contribution in [1.29, 1.82) is 0 Å². The van der Waals surface area contributed by atoms with Crippen LogP contribution in [0.5, 0.6) is 0 Å². The predicted octanol–water partition coefficient (Wildman–Crippen LogP) is -0.346. The molecule has 0 amide bonds. The first-order valence-corrected chi connectivity index (χ1v) is 5.73. The van der Waals surface area contributed by atoms with Crippen LogP contribution in [0.1, 0.15) is 12.6 Å². The molecule has 18 heavy (non-hydrogen) atoms. The van der Waals surface area contributed by atoms with Crippen molar-refractivity contribution in [2.75, 3.05) is 12.3 Å². The quantitative estimate of drug-likeness (QED) is 0.673. The average Bonchev–Trinajstić information content (AvgIpc) is 2.93. The second-order valence-corrected chi connectivity index (χ2v) is 4.34. The fraction of sp³-hybridized carbons (Fsp3) is 0.455. The Kier molecular flexibility index (Phi) is 2.66. The Morgan fingerprint density at radius 1 is 1.56 bits per heavy atom. The molecule has 3 heterocycles. The topological polar surface area (TPSA) is 106 Å². The van der Waals surface area contributed by atoms with Gasteiger partial charge < -0.3 is 20.7 Å². The minimum atomic E-state index is -0.694. The number of aromatic nitrogens is 3. The van der Waals surface area contributed by atoms with Gasteiger partial charge in [-0.3, -0.25) is 0 Å². The fourth-order valence-corrected chi connectivity index (χ4v) is 2.21. The highest BCUT2D eigenvalue weighted by Gasteiger charge is 2.35. The lowest BCUT2D eigenvalue weighted by atomic mass is 10.2. The minimum Gasteiger partial charge on any atom is -0.398 e. The predicted molar refractivity (Wildman–Crippen MR) is 63.6 cm³/mol. The van der Waals surface area contributed by atoms with Gasteiger partial charge in [-0.15, -0.1) is 0 Å². The molecule has 0 aromatic carbocycles. The molecule has 0 bridgehead atoms. The molecule has 2 aromatic heterocycles. The highest BCUT2D eigenvalue weighted by molar-refractivity contribution is 5.87. The summed E-state index contributed by atoms with van der Waals surface area (Å²) >= 11 is 0. The number of hydrogen-bond donors (Lipinski definition) is 3. The van der Waals surface area contributed by atoms with E-state index in [1.54, 1.807) is 23.1 Å². The molecule has 7 heteroatoms. The van der Waals surface area contributed by atoms with Crippen molar-refractivity contribution in [3.8, 4) is 0 Å². The first-order chi connectivity index (χ1) is 8.70. The highest BCUT2D eigenvalue weighted by Crippen LogP contribution is 2.31. The van der Waals surface area contributed by atoms with Crippen LogP contribution in [0.15, 0.2) is 18.5 Å². The Morgan fingerprint density at radius 2 is 2.39 bits per heavy atom. The van der Waals surface area contributed by atoms with Gasteiger partial charge in [-0.25, -0.2) is 9.67 Å². The Balaban J connectivity index is 1.99. The van der Waals surface area contributed by atoms with Gasteiger partial charge in [0.15, 0.2) is 11.9 Å². The Bertz CT molecular complexity index is 570. The molecule has 0 unspecified atom stereocenters. The molecule has 0 spiro atoms. The second kappa shape index (κ2) is 4.20. The van der Waals surface area contributed by atoms with Crippen LogP contribution in [0.3, 0.4) is 0 Å². The van der Waals surface area contributed by atoms with Gasteiger partial charge in [-0.1, -0.05) is 0 Å². The maximum Gasteiger partial charge on any atom is 0.162 e. The van der Waals surface area contributed by atoms with Gasteiger partial charge in [0.05, 0.1) is 24.3 Å². The summed E-state index contributed by atoms with van der Waals surface area (Å²) in [5, 5.41) is 23.7. The summed E-state index contributed by atoms with van der Waals surface area (Å²) in [7, 11) is 0. The maximum absolute atomic E-state index is 9.71. The second-order valence-electron chi connectivity index (χ2n) is 4.34. The summed E-state index contributed by atoms with van der Waals surface area (Å²) in [6.45, 7) is -0.216. The van der Waals surface area contributed by atoms with E-state index in [0.717, 1.165) is 5.39 Å². The van der Waals surface area contributed by atoms with Crippen LogP contribution in [0.4, 0.5) is 5.69 Å². The van der Waals surface area contributed by atoms with Crippen LogP contribution in [0, 0.1) is 0 Å². The van der Waals surface area contributed by atoms with Crippen molar-refractivity contribution >= 4 is 16.7 Å². The third-order valence-electron chi connectivity index (χ3n) is 3.19. The van der Waals surface area contributed by atoms with Gasteiger partial charge in [-0.2, -0.15) is 5.10 Å². The number of aliphatic hydroxyl groups is 2. The largest absolute Gasteiger partial charge is 0.398 e. The van der Waals surface area contributed by atoms with Crippen molar-refractivity contribution in [2.24, 2.45) is 0 Å². The summed E-state index contributed by atoms with van der Waals surface area (Å²) < 4.78 is 7.12. The van der Waals surface area contributed by atoms with Crippen molar-refractivity contribution in [3.63, 3.8) is 0 Å². The number of hydrogen-bond acceptors (Lipinski definition) is 6. The number of nitrogens with zero attached hydrogens (tertiary/aromatic N) is 3. The lowest BCUT2D eigenvalue weighted by molar-refractivity contribution is -0.0470. The Labute approximate surface area is 103 Å². The molecule has 1 fully saturated rings. The average molecular weight is 250 g/mol. The molecule has 1 saturated heterocycles. The van der Waals surface area contributed by atoms with E-state index in [-0.39, 0.29) is 6.61 Å². The lowest BCUT2D eigenvalue weighted by Gasteiger charge is -2.12. The van der Waals surface area contributed by atoms with E-state index in [4.69, 9.17) is 15.6 Å². The van der Waals surface area contributed by atoms with Crippen molar-refractivity contribution in [2.45, 2.75) is 24.9 Å². The van der Waals surface area contributed by atoms with E-state index in [9.17, 15) is 5.11 Å². The number of rotatable bonds is 2. The van der Waals surface area contributed by atoms with Gasteiger partial charge in [-0.05, 0) is 6.07 Å². The van der Waals surface area contributed by atoms with Crippen LogP contribution in [0.25, 0.3) is 11.0 Å². The first kappa shape index (κ1) is 11.4. The Morgan fingerprint density at radius 3 is 3.11 bits per heavy atom. The molecule has 3 atom stereocenters. The molecule has 1 aliphatic heterocycles. The summed E-state index contributed by atoms with van der Waals surface area (Å²) in [5.74, 6) is 0. The van der Waals surface area contributed by atoms with Crippen molar-refractivity contribution in [3.05, 3.63) is 18.5 Å². The SMILES string of the molecule is Nc1ccnc2c1cnn2[C@H]1C[C@H](O)[C@@H](CO)O1. The van der Waals surface area contributed by atoms with E-state index < -0.39 is 18.4 Å². The number of ether oxygens (including phenoxy) is 1. The molecule has 96 valence electrons. The normalized spacial score (nSPS) is 28.0. The molecule has 4 N–H and O–H groups in total. The van der Waals surface area contributed by atoms with Crippen LogP contribution in [-0.4, -0.2) is 43.8 Å². The fourth-order valence-electron chi connectivity index (χ4n) is 2.21. The molecule has 2 aromatic rings. The van der Waals surface area contributed by atoms with Crippen molar-refractivity contribution < 1.29 is 14.9 Å². The smallest absolute Gasteiger partial charge is 0.162 e. The number of anilines is 1. The zero-order valence-corrected chi connectivity index (χ0v) is 9.60. The summed E-state index contributed by atoms with van der Waals surface area (Å²) in [5.41, 5.74) is 7.04. The third kappa shape index (κ3) is 1.64. The van der Waals surface area contributed by atoms with Crippen molar-refractivity contribution in [1.82, 2.24) is 14.8 Å². The van der Waals surface area contributed by atoms with E-state index >= 15 is 0 Å². The number of pyridine rings is 1. The summed E-state index contributed by atoms with van der Waals surface area (Å²) in [6, 6.07) is 1.70. The standard InChI is InChI=1S/C11H14N4O3/c12-7-1-2-13-11-6(7)4-14-15(11)10-3-8(17)9(5-16)18-10/h1-2,4,8-10,16-17H,3,5H2,(H2,12,13)/t8-,9+,10+/m0/s1. The number of fused-ring (bicyclic) bond motifs is 1. The molecule has 0 aliphatic carbocycles. The van der Waals surface area contributed by atoms with Gasteiger partial charge in [0.1, 0.15) is 6.10 Å². The van der Waals surface area contributed by atoms with E-state index in [0.29, 0.717) is 17.8 Å². The number of nitrogen functional groups attached to an aromatic ring is 1. The van der Waals surface area contributed by atoms with E-state index in [1.165, 1.54) is 0 Å². The summed E-state index contributed by atoms with van der Waals surface area (Å²) in [4.78, 5) is 4.22. The van der Waals surface area contributed by atoms with Crippen LogP contribution in [0.2, 0.25) is 0 Å². The molecular formula is C11H14N4O3. The monoisotopic (exact) mass is 250 g/mol. The number of aliphatic hydroxyl groups excluding tert-OH is 2. The zero-order valence-electron chi connectivity index (χ0n) is 9.60. The molecule has 1 aliphatic rings. The zero-order chi connectivity index (χ0) is 12.7.